The Kier molecular flexibility index (Phi) is 6.71. The molecule has 1 aliphatic heterocycles. The molecule has 25 heavy (non-hydrogen) atoms. The van der Waals surface area contributed by atoms with Gasteiger partial charge in [-0.2, -0.15) is 13.2 Å². The normalized spacial score (nSPS) is 18.4. The van der Waals surface area contributed by atoms with E-state index in [1.54, 1.807) is 0 Å². The number of terminal acetylenes is 1. The number of para-hydroxylation sites is 1. The number of alkyl halides is 3. The molecular formula is C18H21F3N2O2. The van der Waals surface area contributed by atoms with Gasteiger partial charge in [-0.15, -0.1) is 6.42 Å². The summed E-state index contributed by atoms with van der Waals surface area (Å²) in [6.45, 7) is 1.28. The lowest BCUT2D eigenvalue weighted by atomic mass is 10.0. The highest BCUT2D eigenvalue weighted by atomic mass is 19.4. The maximum Gasteiger partial charge on any atom is 0.419 e. The first kappa shape index (κ1) is 19.1. The molecule has 0 unspecified atom stereocenters. The van der Waals surface area contributed by atoms with Crippen LogP contribution in [0.4, 0.5) is 13.2 Å². The predicted molar refractivity (Wildman–Crippen MR) is 88.0 cm³/mol. The van der Waals surface area contributed by atoms with Crippen LogP contribution in [0.15, 0.2) is 24.3 Å². The van der Waals surface area contributed by atoms with Crippen molar-refractivity contribution in [3.05, 3.63) is 29.8 Å². The number of ether oxygens (including phenoxy) is 1. The Balaban J connectivity index is 1.83. The number of hydrogen-bond donors (Lipinski definition) is 1. The number of hydrogen-bond acceptors (Lipinski definition) is 3. The number of benzene rings is 1. The van der Waals surface area contributed by atoms with Gasteiger partial charge in [-0.05, 0) is 31.5 Å². The number of halogens is 3. The smallest absolute Gasteiger partial charge is 0.419 e. The van der Waals surface area contributed by atoms with Gasteiger partial charge in [0, 0.05) is 0 Å². The molecule has 4 nitrogen and oxygen atoms in total. The third-order valence-electron chi connectivity index (χ3n) is 4.06. The van der Waals surface area contributed by atoms with Crippen LogP contribution in [0.5, 0.6) is 5.75 Å². The zero-order chi connectivity index (χ0) is 18.3. The van der Waals surface area contributed by atoms with Gasteiger partial charge >= 0.3 is 6.18 Å². The maximum atomic E-state index is 12.9. The van der Waals surface area contributed by atoms with Crippen molar-refractivity contribution in [2.24, 2.45) is 0 Å². The standard InChI is InChI=1S/C18H21F3N2O2/c1-2-11-23-12-6-5-8-15(23)17(24)22-10-13-25-16-9-4-3-7-14(16)18(19,20)21/h1,3-4,7,9,15H,5-6,8,10-13H2,(H,22,24)/t15-/m0/s1. The highest BCUT2D eigenvalue weighted by molar-refractivity contribution is 5.81. The summed E-state index contributed by atoms with van der Waals surface area (Å²) in [5, 5.41) is 2.71. The van der Waals surface area contributed by atoms with Gasteiger partial charge in [0.2, 0.25) is 5.91 Å². The van der Waals surface area contributed by atoms with Crippen molar-refractivity contribution in [3.63, 3.8) is 0 Å². The lowest BCUT2D eigenvalue weighted by molar-refractivity contribution is -0.139. The summed E-state index contributed by atoms with van der Waals surface area (Å²) in [5.74, 6) is 2.14. The molecule has 1 aromatic carbocycles. The zero-order valence-electron chi connectivity index (χ0n) is 13.8. The van der Waals surface area contributed by atoms with E-state index < -0.39 is 11.7 Å². The summed E-state index contributed by atoms with van der Waals surface area (Å²) < 4.78 is 43.8. The monoisotopic (exact) mass is 354 g/mol. The van der Waals surface area contributed by atoms with Gasteiger partial charge in [0.25, 0.3) is 0 Å². The average Bonchev–Trinajstić information content (AvgIpc) is 2.59. The number of nitrogens with zero attached hydrogens (tertiary/aromatic N) is 1. The van der Waals surface area contributed by atoms with E-state index in [2.05, 4.69) is 11.2 Å². The summed E-state index contributed by atoms with van der Waals surface area (Å²) >= 11 is 0. The second-order valence-corrected chi connectivity index (χ2v) is 5.82. The summed E-state index contributed by atoms with van der Waals surface area (Å²) in [4.78, 5) is 14.2. The number of likely N-dealkylation sites (tertiary alicyclic amines) is 1. The topological polar surface area (TPSA) is 41.6 Å². The Morgan fingerprint density at radius 2 is 2.12 bits per heavy atom. The van der Waals surface area contributed by atoms with Gasteiger partial charge in [0.05, 0.1) is 24.7 Å². The molecule has 1 aliphatic rings. The van der Waals surface area contributed by atoms with Crippen molar-refractivity contribution < 1.29 is 22.7 Å². The molecule has 1 atom stereocenters. The molecule has 1 aromatic rings. The first-order valence-corrected chi connectivity index (χ1v) is 8.17. The SMILES string of the molecule is C#CCN1CCCC[C@H]1C(=O)NCCOc1ccccc1C(F)(F)F. The Bertz CT molecular complexity index is 625. The fourth-order valence-corrected chi connectivity index (χ4v) is 2.87. The quantitative estimate of drug-likeness (QED) is 0.631. The van der Waals surface area contributed by atoms with Crippen LogP contribution in [0.2, 0.25) is 0 Å². The third kappa shape index (κ3) is 5.40. The minimum Gasteiger partial charge on any atom is -0.491 e. The van der Waals surface area contributed by atoms with Gasteiger partial charge in [-0.1, -0.05) is 24.5 Å². The minimum atomic E-state index is -4.47. The summed E-state index contributed by atoms with van der Waals surface area (Å²) in [5.41, 5.74) is -0.825. The number of carbonyl (C=O) groups is 1. The summed E-state index contributed by atoms with van der Waals surface area (Å²) in [6, 6.07) is 4.73. The van der Waals surface area contributed by atoms with Crippen LogP contribution in [0.3, 0.4) is 0 Å². The average molecular weight is 354 g/mol. The van der Waals surface area contributed by atoms with E-state index in [0.29, 0.717) is 6.54 Å². The van der Waals surface area contributed by atoms with Crippen LogP contribution >= 0.6 is 0 Å². The van der Waals surface area contributed by atoms with Gasteiger partial charge in [-0.3, -0.25) is 9.69 Å². The molecule has 1 saturated heterocycles. The zero-order valence-corrected chi connectivity index (χ0v) is 13.8. The fraction of sp³-hybridized carbons (Fsp3) is 0.500. The second kappa shape index (κ2) is 8.77. The van der Waals surface area contributed by atoms with Crippen molar-refractivity contribution >= 4 is 5.91 Å². The molecule has 136 valence electrons. The first-order chi connectivity index (χ1) is 11.9. The van der Waals surface area contributed by atoms with Crippen molar-refractivity contribution in [2.75, 3.05) is 26.2 Å². The number of amides is 1. The van der Waals surface area contributed by atoms with E-state index >= 15 is 0 Å². The Hall–Kier alpha value is -2.20. The second-order valence-electron chi connectivity index (χ2n) is 5.82. The van der Waals surface area contributed by atoms with Crippen LogP contribution < -0.4 is 10.1 Å². The fourth-order valence-electron chi connectivity index (χ4n) is 2.87. The van der Waals surface area contributed by atoms with Gasteiger partial charge in [0.1, 0.15) is 12.4 Å². The Morgan fingerprint density at radius 1 is 1.36 bits per heavy atom. The molecule has 0 spiro atoms. The van der Waals surface area contributed by atoms with Crippen molar-refractivity contribution in [3.8, 4) is 18.1 Å². The number of carbonyl (C=O) groups excluding carboxylic acids is 1. The van der Waals surface area contributed by atoms with Crippen molar-refractivity contribution in [2.45, 2.75) is 31.5 Å². The molecule has 0 aromatic heterocycles. The summed E-state index contributed by atoms with van der Waals surface area (Å²) in [7, 11) is 0. The van der Waals surface area contributed by atoms with Crippen molar-refractivity contribution in [1.82, 2.24) is 10.2 Å². The van der Waals surface area contributed by atoms with Gasteiger partial charge < -0.3 is 10.1 Å². The summed E-state index contributed by atoms with van der Waals surface area (Å²) in [6.07, 6.45) is 3.53. The molecule has 7 heteroatoms. The van der Waals surface area contributed by atoms with Gasteiger partial charge in [0.15, 0.2) is 0 Å². The lowest BCUT2D eigenvalue weighted by Gasteiger charge is -2.33. The lowest BCUT2D eigenvalue weighted by Crippen LogP contribution is -2.50. The molecule has 1 fully saturated rings. The van der Waals surface area contributed by atoms with Crippen LogP contribution in [-0.4, -0.2) is 43.1 Å². The predicted octanol–water partition coefficient (Wildman–Crippen LogP) is 2.69. The van der Waals surface area contributed by atoms with E-state index in [1.165, 1.54) is 18.2 Å². The van der Waals surface area contributed by atoms with Crippen molar-refractivity contribution in [1.29, 1.82) is 0 Å². The van der Waals surface area contributed by atoms with E-state index in [9.17, 15) is 18.0 Å². The molecule has 1 heterocycles. The number of rotatable bonds is 6. The molecule has 0 saturated carbocycles. The van der Waals surface area contributed by atoms with Crippen LogP contribution in [0.1, 0.15) is 24.8 Å². The Labute approximate surface area is 145 Å². The van der Waals surface area contributed by atoms with Crippen LogP contribution in [0.25, 0.3) is 0 Å². The molecule has 1 N–H and O–H groups in total. The maximum absolute atomic E-state index is 12.9. The van der Waals surface area contributed by atoms with E-state index in [-0.39, 0.29) is 30.9 Å². The minimum absolute atomic E-state index is 0.0410. The highest BCUT2D eigenvalue weighted by Crippen LogP contribution is 2.35. The number of piperidine rings is 1. The van der Waals surface area contributed by atoms with Crippen LogP contribution in [0, 0.1) is 12.3 Å². The molecule has 0 aliphatic carbocycles. The number of nitrogens with one attached hydrogen (secondary N) is 1. The molecule has 1 amide bonds. The molecule has 0 bridgehead atoms. The Morgan fingerprint density at radius 3 is 2.84 bits per heavy atom. The molecule has 0 radical (unpaired) electrons. The van der Waals surface area contributed by atoms with E-state index in [0.717, 1.165) is 31.9 Å². The van der Waals surface area contributed by atoms with Crippen LogP contribution in [-0.2, 0) is 11.0 Å². The largest absolute Gasteiger partial charge is 0.491 e. The van der Waals surface area contributed by atoms with E-state index in [4.69, 9.17) is 11.2 Å². The highest BCUT2D eigenvalue weighted by Gasteiger charge is 2.34. The first-order valence-electron chi connectivity index (χ1n) is 8.17. The molecule has 2 rings (SSSR count). The van der Waals surface area contributed by atoms with E-state index in [1.807, 2.05) is 4.90 Å². The third-order valence-corrected chi connectivity index (χ3v) is 4.06. The molecular weight excluding hydrogens is 333 g/mol. The van der Waals surface area contributed by atoms with Gasteiger partial charge in [-0.25, -0.2) is 0 Å².